The van der Waals surface area contributed by atoms with Crippen LogP contribution in [0.2, 0.25) is 0 Å². The van der Waals surface area contributed by atoms with Crippen molar-refractivity contribution < 1.29 is 19.1 Å². The average molecular weight is 456 g/mol. The smallest absolute Gasteiger partial charge is 0.235 e. The number of likely N-dealkylation sites (tertiary alicyclic amines) is 1. The van der Waals surface area contributed by atoms with Crippen LogP contribution in [-0.2, 0) is 25.5 Å². The minimum absolute atomic E-state index is 0.0548. The molecule has 0 saturated carbocycles. The van der Waals surface area contributed by atoms with Crippen LogP contribution in [0.15, 0.2) is 66.6 Å². The van der Waals surface area contributed by atoms with Gasteiger partial charge in [0.15, 0.2) is 5.76 Å². The molecule has 2 aromatic rings. The Morgan fingerprint density at radius 1 is 1.03 bits per heavy atom. The van der Waals surface area contributed by atoms with Crippen LogP contribution >= 0.6 is 0 Å². The number of rotatable bonds is 5. The molecule has 3 saturated heterocycles. The highest BCUT2D eigenvalue weighted by Gasteiger charge is 2.64. The molecule has 0 spiro atoms. The van der Waals surface area contributed by atoms with Crippen molar-refractivity contribution in [3.05, 3.63) is 83.3 Å². The molecule has 2 amide bonds. The fourth-order valence-electron chi connectivity index (χ4n) is 6.27. The minimum atomic E-state index is -0.535. The first-order chi connectivity index (χ1) is 16.7. The Labute approximate surface area is 198 Å². The number of hydrogen-bond donors (Lipinski definition) is 0. The van der Waals surface area contributed by atoms with Crippen molar-refractivity contribution in [2.24, 2.45) is 11.8 Å². The fraction of sp³-hybridized carbons (Fsp3) is 0.370. The maximum absolute atomic E-state index is 14.0. The maximum Gasteiger partial charge on any atom is 0.235 e. The lowest BCUT2D eigenvalue weighted by molar-refractivity contribution is -0.144. The van der Waals surface area contributed by atoms with E-state index in [2.05, 4.69) is 11.0 Å². The van der Waals surface area contributed by atoms with E-state index < -0.39 is 12.0 Å². The van der Waals surface area contributed by atoms with E-state index in [1.807, 2.05) is 42.5 Å². The number of hydrogen-bond acceptors (Lipinski definition) is 6. The highest BCUT2D eigenvalue weighted by Crippen LogP contribution is 2.53. The Bertz CT molecular complexity index is 1190. The second-order valence-electron chi connectivity index (χ2n) is 9.38. The van der Waals surface area contributed by atoms with E-state index in [1.54, 1.807) is 12.1 Å². The third-order valence-electron chi connectivity index (χ3n) is 7.67. The standard InChI is InChI=1S/C27H25N3O4/c28-14-18-8-10-19(11-9-18)25-24-23(20-7-4-12-29(20)25)26(31)30(27(24)32)21(22-15-33-16-34-22)13-17-5-2-1-3-6-17/h1-3,5-6,8-11,15,20-21,23-25H,4,7,12-13,16H2. The summed E-state index contributed by atoms with van der Waals surface area (Å²) in [6.07, 6.45) is 3.93. The van der Waals surface area contributed by atoms with Gasteiger partial charge < -0.3 is 9.47 Å². The molecule has 0 radical (unpaired) electrons. The Hall–Kier alpha value is -3.63. The summed E-state index contributed by atoms with van der Waals surface area (Å²) in [5, 5.41) is 9.20. The summed E-state index contributed by atoms with van der Waals surface area (Å²) < 4.78 is 11.0. The van der Waals surface area contributed by atoms with Crippen LogP contribution < -0.4 is 0 Å². The number of benzene rings is 2. The van der Waals surface area contributed by atoms with E-state index >= 15 is 0 Å². The molecule has 34 heavy (non-hydrogen) atoms. The van der Waals surface area contributed by atoms with Crippen molar-refractivity contribution in [3.63, 3.8) is 0 Å². The third kappa shape index (κ3) is 3.21. The number of fused-ring (bicyclic) bond motifs is 3. The van der Waals surface area contributed by atoms with E-state index in [1.165, 1.54) is 11.2 Å². The topological polar surface area (TPSA) is 82.9 Å². The lowest BCUT2D eigenvalue weighted by Gasteiger charge is -2.32. The molecule has 6 rings (SSSR count). The molecule has 172 valence electrons. The number of carbonyl (C=O) groups is 2. The number of carbonyl (C=O) groups excluding carboxylic acids is 2. The van der Waals surface area contributed by atoms with Crippen LogP contribution in [0.25, 0.3) is 0 Å². The summed E-state index contributed by atoms with van der Waals surface area (Å²) in [6, 6.07) is 18.8. The van der Waals surface area contributed by atoms with Crippen molar-refractivity contribution >= 4 is 11.8 Å². The zero-order valence-electron chi connectivity index (χ0n) is 18.7. The van der Waals surface area contributed by atoms with Gasteiger partial charge in [-0.05, 0) is 42.6 Å². The van der Waals surface area contributed by atoms with Crippen molar-refractivity contribution in [1.82, 2.24) is 9.80 Å². The van der Waals surface area contributed by atoms with E-state index in [-0.39, 0.29) is 36.6 Å². The zero-order valence-corrected chi connectivity index (χ0v) is 18.7. The quantitative estimate of drug-likeness (QED) is 0.645. The van der Waals surface area contributed by atoms with Crippen LogP contribution in [-0.4, -0.2) is 47.0 Å². The molecule has 4 aliphatic heterocycles. The first kappa shape index (κ1) is 20.9. The molecule has 5 unspecified atom stereocenters. The molecular weight excluding hydrogens is 430 g/mol. The van der Waals surface area contributed by atoms with Crippen LogP contribution in [0.4, 0.5) is 0 Å². The second-order valence-corrected chi connectivity index (χ2v) is 9.38. The number of nitriles is 1. The van der Waals surface area contributed by atoms with Gasteiger partial charge >= 0.3 is 0 Å². The normalized spacial score (nSPS) is 28.7. The molecule has 7 nitrogen and oxygen atoms in total. The van der Waals surface area contributed by atoms with Gasteiger partial charge in [0, 0.05) is 18.5 Å². The predicted octanol–water partition coefficient (Wildman–Crippen LogP) is 3.14. The van der Waals surface area contributed by atoms with Crippen LogP contribution in [0.3, 0.4) is 0 Å². The minimum Gasteiger partial charge on any atom is -0.462 e. The van der Waals surface area contributed by atoms with Gasteiger partial charge in [0.2, 0.25) is 18.6 Å². The van der Waals surface area contributed by atoms with Crippen LogP contribution in [0, 0.1) is 23.2 Å². The molecule has 0 aliphatic carbocycles. The van der Waals surface area contributed by atoms with Gasteiger partial charge in [-0.2, -0.15) is 5.26 Å². The number of amides is 2. The fourth-order valence-corrected chi connectivity index (χ4v) is 6.27. The molecule has 2 aromatic carbocycles. The molecular formula is C27H25N3O4. The highest BCUT2D eigenvalue weighted by molar-refractivity contribution is 6.07. The summed E-state index contributed by atoms with van der Waals surface area (Å²) in [5.41, 5.74) is 2.59. The van der Waals surface area contributed by atoms with Gasteiger partial charge in [0.25, 0.3) is 0 Å². The SMILES string of the molecule is N#Cc1ccc(C2C3C(=O)N(C(Cc4ccccc4)C4=COCO4)C(=O)C3C3CCCN32)cc1. The molecule has 0 N–H and O–H groups in total. The molecule has 0 bridgehead atoms. The Balaban J connectivity index is 1.38. The van der Waals surface area contributed by atoms with E-state index in [9.17, 15) is 14.9 Å². The van der Waals surface area contributed by atoms with Crippen molar-refractivity contribution in [3.8, 4) is 6.07 Å². The summed E-state index contributed by atoms with van der Waals surface area (Å²) >= 11 is 0. The van der Waals surface area contributed by atoms with Crippen molar-refractivity contribution in [2.45, 2.75) is 37.4 Å². The van der Waals surface area contributed by atoms with Gasteiger partial charge in [-0.15, -0.1) is 0 Å². The number of imide groups is 1. The molecule has 5 atom stereocenters. The second kappa shape index (κ2) is 8.30. The summed E-state index contributed by atoms with van der Waals surface area (Å²) in [4.78, 5) is 31.7. The lowest BCUT2D eigenvalue weighted by Crippen LogP contribution is -2.46. The van der Waals surface area contributed by atoms with Crippen LogP contribution in [0.5, 0.6) is 0 Å². The van der Waals surface area contributed by atoms with Gasteiger partial charge in [-0.1, -0.05) is 42.5 Å². The zero-order chi connectivity index (χ0) is 23.2. The Morgan fingerprint density at radius 2 is 1.79 bits per heavy atom. The first-order valence-electron chi connectivity index (χ1n) is 11.8. The lowest BCUT2D eigenvalue weighted by atomic mass is 9.85. The molecule has 4 aliphatic rings. The molecule has 0 aromatic heterocycles. The van der Waals surface area contributed by atoms with Gasteiger partial charge in [0.1, 0.15) is 12.3 Å². The summed E-state index contributed by atoms with van der Waals surface area (Å²) in [7, 11) is 0. The monoisotopic (exact) mass is 455 g/mol. The van der Waals surface area contributed by atoms with E-state index in [0.717, 1.165) is 30.5 Å². The van der Waals surface area contributed by atoms with Crippen LogP contribution in [0.1, 0.15) is 35.6 Å². The summed E-state index contributed by atoms with van der Waals surface area (Å²) in [5.74, 6) is -0.538. The van der Waals surface area contributed by atoms with E-state index in [4.69, 9.17) is 9.47 Å². The highest BCUT2D eigenvalue weighted by atomic mass is 16.7. The molecule has 3 fully saturated rings. The number of nitrogens with zero attached hydrogens (tertiary/aromatic N) is 3. The average Bonchev–Trinajstić information content (AvgIpc) is 3.64. The predicted molar refractivity (Wildman–Crippen MR) is 122 cm³/mol. The van der Waals surface area contributed by atoms with Crippen molar-refractivity contribution in [2.75, 3.05) is 13.3 Å². The maximum atomic E-state index is 14.0. The molecule has 7 heteroatoms. The van der Waals surface area contributed by atoms with Gasteiger partial charge in [-0.25, -0.2) is 0 Å². The largest absolute Gasteiger partial charge is 0.462 e. The Morgan fingerprint density at radius 3 is 2.50 bits per heavy atom. The Kier molecular flexibility index (Phi) is 5.11. The summed E-state index contributed by atoms with van der Waals surface area (Å²) in [6.45, 7) is 0.965. The van der Waals surface area contributed by atoms with Crippen molar-refractivity contribution in [1.29, 1.82) is 5.26 Å². The van der Waals surface area contributed by atoms with Gasteiger partial charge in [-0.3, -0.25) is 19.4 Å². The van der Waals surface area contributed by atoms with Gasteiger partial charge in [0.05, 0.1) is 23.5 Å². The van der Waals surface area contributed by atoms with E-state index in [0.29, 0.717) is 17.7 Å². The third-order valence-corrected chi connectivity index (χ3v) is 7.67. The molecule has 4 heterocycles. The first-order valence-corrected chi connectivity index (χ1v) is 11.8. The number of ether oxygens (including phenoxy) is 2.